The minimum Gasteiger partial charge on any atom is -0.456 e. The lowest BCUT2D eigenvalue weighted by molar-refractivity contribution is 0.229. The molecule has 1 fully saturated rings. The monoisotopic (exact) mass is 475 g/mol. The number of aliphatic hydroxyl groups is 1. The van der Waals surface area contributed by atoms with Gasteiger partial charge in [0.25, 0.3) is 0 Å². The molecule has 0 radical (unpaired) electrons. The lowest BCUT2D eigenvalue weighted by Crippen LogP contribution is -2.18. The number of aromatic nitrogens is 3. The van der Waals surface area contributed by atoms with Crippen molar-refractivity contribution >= 4 is 45.4 Å². The molecule has 9 heteroatoms. The van der Waals surface area contributed by atoms with Crippen molar-refractivity contribution in [3.8, 4) is 22.8 Å². The van der Waals surface area contributed by atoms with E-state index in [0.717, 1.165) is 41.3 Å². The number of anilines is 2. The highest BCUT2D eigenvalue weighted by atomic mass is 35.5. The van der Waals surface area contributed by atoms with E-state index >= 15 is 0 Å². The molecular weight excluding hydrogens is 454 g/mol. The van der Waals surface area contributed by atoms with E-state index in [0.29, 0.717) is 28.6 Å². The number of benzene rings is 2. The Bertz CT molecular complexity index is 1480. The molecule has 0 unspecified atom stereocenters. The highest BCUT2D eigenvalue weighted by Crippen LogP contribution is 2.39. The molecule has 4 N–H and O–H groups in total. The molecule has 0 aliphatic heterocycles. The van der Waals surface area contributed by atoms with Crippen LogP contribution in [0.25, 0.3) is 44.8 Å². The fourth-order valence-electron chi connectivity index (χ4n) is 4.63. The number of furan rings is 1. The highest BCUT2D eigenvalue weighted by Gasteiger charge is 2.27. The highest BCUT2D eigenvalue weighted by molar-refractivity contribution is 6.32. The van der Waals surface area contributed by atoms with Crippen LogP contribution in [-0.4, -0.2) is 32.7 Å². The summed E-state index contributed by atoms with van der Waals surface area (Å²) in [6.07, 6.45) is 2.74. The second kappa shape index (κ2) is 8.30. The van der Waals surface area contributed by atoms with Crippen molar-refractivity contribution in [2.24, 2.45) is 5.92 Å². The van der Waals surface area contributed by atoms with Crippen LogP contribution >= 0.6 is 11.6 Å². The smallest absolute Gasteiger partial charge is 0.227 e. The van der Waals surface area contributed by atoms with Gasteiger partial charge in [0.05, 0.1) is 5.56 Å². The van der Waals surface area contributed by atoms with Gasteiger partial charge in [0, 0.05) is 23.6 Å². The Morgan fingerprint density at radius 2 is 1.91 bits per heavy atom. The summed E-state index contributed by atoms with van der Waals surface area (Å²) in [5.41, 5.74) is 9.53. The average Bonchev–Trinajstić information content (AvgIpc) is 3.55. The first-order valence-electron chi connectivity index (χ1n) is 11.2. The van der Waals surface area contributed by atoms with Gasteiger partial charge in [-0.3, -0.25) is 0 Å². The molecule has 0 bridgehead atoms. The van der Waals surface area contributed by atoms with Crippen LogP contribution < -0.4 is 11.1 Å². The van der Waals surface area contributed by atoms with Crippen molar-refractivity contribution in [2.45, 2.75) is 25.3 Å². The molecule has 2 aromatic carbocycles. The van der Waals surface area contributed by atoms with Gasteiger partial charge >= 0.3 is 0 Å². The number of nitrogens with zero attached hydrogens (tertiary/aromatic N) is 3. The number of hydrogen-bond donors (Lipinski definition) is 3. The quantitative estimate of drug-likeness (QED) is 0.284. The fourth-order valence-corrected chi connectivity index (χ4v) is 4.90. The van der Waals surface area contributed by atoms with Crippen molar-refractivity contribution in [3.05, 3.63) is 53.7 Å². The van der Waals surface area contributed by atoms with E-state index in [2.05, 4.69) is 20.3 Å². The summed E-state index contributed by atoms with van der Waals surface area (Å²) < 4.78 is 12.0. The Kier molecular flexibility index (Phi) is 5.12. The van der Waals surface area contributed by atoms with E-state index in [1.54, 1.807) is 0 Å². The van der Waals surface area contributed by atoms with Crippen LogP contribution in [0, 0.1) is 5.92 Å². The fraction of sp³-hybridized carbons (Fsp3) is 0.240. The minimum atomic E-state index is 0.0855. The standard InChI is InChI=1S/C25H22ClN5O3/c26-22-21(23(31-25(27)30-22)28-16-7-5-13(9-16)12-32)20-11-15-10-14(6-8-18(15)33-20)24-29-17-3-1-2-4-19(17)34-24/h1-4,6,8,10-11,13,16,32H,5,7,9,12H2,(H3,27,28,30,31)/t13-,16+/m1/s1. The van der Waals surface area contributed by atoms with Crippen molar-refractivity contribution in [1.29, 1.82) is 0 Å². The van der Waals surface area contributed by atoms with Crippen molar-refractivity contribution in [1.82, 2.24) is 15.0 Å². The first kappa shape index (κ1) is 20.9. The molecule has 0 amide bonds. The van der Waals surface area contributed by atoms with Gasteiger partial charge in [0.2, 0.25) is 11.8 Å². The second-order valence-corrected chi connectivity index (χ2v) is 9.01. The molecule has 34 heavy (non-hydrogen) atoms. The molecule has 1 aliphatic carbocycles. The second-order valence-electron chi connectivity index (χ2n) is 8.65. The van der Waals surface area contributed by atoms with E-state index in [9.17, 15) is 5.11 Å². The lowest BCUT2D eigenvalue weighted by Gasteiger charge is -2.16. The van der Waals surface area contributed by atoms with Crippen LogP contribution in [0.3, 0.4) is 0 Å². The topological polar surface area (TPSA) is 123 Å². The Morgan fingerprint density at radius 1 is 1.03 bits per heavy atom. The van der Waals surface area contributed by atoms with E-state index in [-0.39, 0.29) is 29.7 Å². The van der Waals surface area contributed by atoms with Crippen molar-refractivity contribution < 1.29 is 13.9 Å². The summed E-state index contributed by atoms with van der Waals surface area (Å²) in [6.45, 7) is 0.184. The van der Waals surface area contributed by atoms with Gasteiger partial charge in [0.1, 0.15) is 27.8 Å². The third-order valence-corrected chi connectivity index (χ3v) is 6.60. The molecule has 3 heterocycles. The largest absolute Gasteiger partial charge is 0.456 e. The Balaban J connectivity index is 1.38. The van der Waals surface area contributed by atoms with Gasteiger partial charge in [-0.1, -0.05) is 23.7 Å². The number of hydrogen-bond acceptors (Lipinski definition) is 8. The minimum absolute atomic E-state index is 0.0855. The molecule has 1 aliphatic rings. The summed E-state index contributed by atoms with van der Waals surface area (Å²) in [6, 6.07) is 15.5. The molecule has 6 rings (SSSR count). The van der Waals surface area contributed by atoms with E-state index < -0.39 is 0 Å². The Labute approximate surface area is 199 Å². The van der Waals surface area contributed by atoms with Crippen LogP contribution in [0.2, 0.25) is 5.15 Å². The maximum atomic E-state index is 9.48. The summed E-state index contributed by atoms with van der Waals surface area (Å²) in [4.78, 5) is 13.1. The number of para-hydroxylation sites is 2. The van der Waals surface area contributed by atoms with Gasteiger partial charge in [0.15, 0.2) is 5.58 Å². The number of rotatable bonds is 5. The molecule has 3 aromatic heterocycles. The summed E-state index contributed by atoms with van der Waals surface area (Å²) >= 11 is 6.51. The maximum Gasteiger partial charge on any atom is 0.227 e. The van der Waals surface area contributed by atoms with E-state index in [1.807, 2.05) is 48.5 Å². The summed E-state index contributed by atoms with van der Waals surface area (Å²) in [5, 5.41) is 14.0. The third-order valence-electron chi connectivity index (χ3n) is 6.33. The third kappa shape index (κ3) is 3.74. The molecule has 1 saturated carbocycles. The molecule has 172 valence electrons. The van der Waals surface area contributed by atoms with Crippen LogP contribution in [-0.2, 0) is 0 Å². The summed E-state index contributed by atoms with van der Waals surface area (Å²) in [7, 11) is 0. The zero-order valence-electron chi connectivity index (χ0n) is 18.2. The van der Waals surface area contributed by atoms with Crippen LogP contribution in [0.5, 0.6) is 0 Å². The Hall–Kier alpha value is -3.62. The number of aliphatic hydroxyl groups excluding tert-OH is 1. The van der Waals surface area contributed by atoms with Gasteiger partial charge in [-0.15, -0.1) is 0 Å². The Morgan fingerprint density at radius 3 is 2.74 bits per heavy atom. The average molecular weight is 476 g/mol. The zero-order valence-corrected chi connectivity index (χ0v) is 18.9. The number of halogens is 1. The summed E-state index contributed by atoms with van der Waals surface area (Å²) in [5.74, 6) is 1.98. The molecule has 8 nitrogen and oxygen atoms in total. The van der Waals surface area contributed by atoms with Crippen molar-refractivity contribution in [3.63, 3.8) is 0 Å². The number of nitrogens with one attached hydrogen (secondary N) is 1. The molecule has 0 saturated heterocycles. The lowest BCUT2D eigenvalue weighted by atomic mass is 10.1. The molecular formula is C25H22ClN5O3. The number of nitrogen functional groups attached to an aromatic ring is 1. The molecule has 2 atom stereocenters. The number of fused-ring (bicyclic) bond motifs is 2. The number of oxazole rings is 1. The predicted octanol–water partition coefficient (Wildman–Crippen LogP) is 5.51. The maximum absolute atomic E-state index is 9.48. The van der Waals surface area contributed by atoms with Gasteiger partial charge in [-0.05, 0) is 61.6 Å². The SMILES string of the molecule is Nc1nc(Cl)c(-c2cc3cc(-c4nc5ccccc5o4)ccc3o2)c(N[C@H]2CC[C@@H](CO)C2)n1. The van der Waals surface area contributed by atoms with Gasteiger partial charge in [-0.25, -0.2) is 9.97 Å². The zero-order chi connectivity index (χ0) is 23.2. The van der Waals surface area contributed by atoms with Gasteiger partial charge < -0.3 is 25.0 Å². The molecule has 0 spiro atoms. The van der Waals surface area contributed by atoms with Crippen molar-refractivity contribution in [2.75, 3.05) is 17.7 Å². The normalized spacial score (nSPS) is 18.2. The number of nitrogens with two attached hydrogens (primary N) is 1. The van der Waals surface area contributed by atoms with E-state index in [1.165, 1.54) is 0 Å². The van der Waals surface area contributed by atoms with E-state index in [4.69, 9.17) is 26.2 Å². The van der Waals surface area contributed by atoms with Gasteiger partial charge in [-0.2, -0.15) is 4.98 Å². The first-order valence-corrected chi connectivity index (χ1v) is 11.6. The van der Waals surface area contributed by atoms with Crippen LogP contribution in [0.15, 0.2) is 57.4 Å². The first-order chi connectivity index (χ1) is 16.6. The van der Waals surface area contributed by atoms with Crippen LogP contribution in [0.4, 0.5) is 11.8 Å². The van der Waals surface area contributed by atoms with Crippen LogP contribution in [0.1, 0.15) is 19.3 Å². The predicted molar refractivity (Wildman–Crippen MR) is 132 cm³/mol. The molecule has 5 aromatic rings.